The molecule has 1 fully saturated rings. The number of hydrogen-bond donors (Lipinski definition) is 3. The Bertz CT molecular complexity index is 1290. The topological polar surface area (TPSA) is 114 Å². The molecule has 3 N–H and O–H groups in total. The number of nitrogens with zero attached hydrogens (tertiary/aromatic N) is 3. The number of nitrogens with one attached hydrogen (secondary N) is 3. The van der Waals surface area contributed by atoms with E-state index in [1.54, 1.807) is 22.9 Å². The summed E-state index contributed by atoms with van der Waals surface area (Å²) in [4.78, 5) is 17.5. The number of aryl methyl sites for hydroxylation is 1. The normalized spacial score (nSPS) is 15.2. The maximum Gasteiger partial charge on any atom is 0.280 e. The number of anilines is 3. The van der Waals surface area contributed by atoms with Crippen LogP contribution in [0.5, 0.6) is 5.75 Å². The summed E-state index contributed by atoms with van der Waals surface area (Å²) in [6, 6.07) is 8.93. The predicted molar refractivity (Wildman–Crippen MR) is 144 cm³/mol. The summed E-state index contributed by atoms with van der Waals surface area (Å²) in [7, 11) is 4.46. The van der Waals surface area contributed by atoms with Crippen LogP contribution in [0.15, 0.2) is 36.5 Å². The van der Waals surface area contributed by atoms with E-state index >= 15 is 0 Å². The zero-order valence-electron chi connectivity index (χ0n) is 21.3. The van der Waals surface area contributed by atoms with Crippen molar-refractivity contribution in [2.45, 2.75) is 32.4 Å². The maximum absolute atomic E-state index is 12.5. The number of carbonyl (C=O) groups is 1. The predicted octanol–water partition coefficient (Wildman–Crippen LogP) is 5.16. The van der Waals surface area contributed by atoms with Gasteiger partial charge in [-0.3, -0.25) is 9.63 Å². The van der Waals surface area contributed by atoms with Crippen LogP contribution in [0.3, 0.4) is 0 Å². The standard InChI is InChI=1S/C26H31ClN6O4/c1-16-15-33(17-8-9-18(22(13-17)35-3)26(34)32(2)36-4)31-25(16)30-21-11-10-20(19(14-28)24(21)27)29-23-7-5-6-12-37-23/h8-11,13-15,23,28-29H,5-7,12H2,1-4H3,(H,30,31). The largest absolute Gasteiger partial charge is 0.496 e. The van der Waals surface area contributed by atoms with Gasteiger partial charge in [0.2, 0.25) is 0 Å². The fourth-order valence-electron chi connectivity index (χ4n) is 4.08. The molecule has 1 unspecified atom stereocenters. The highest BCUT2D eigenvalue weighted by atomic mass is 35.5. The quantitative estimate of drug-likeness (QED) is 0.261. The van der Waals surface area contributed by atoms with Gasteiger partial charge in [0.25, 0.3) is 5.91 Å². The number of halogens is 1. The second-order valence-electron chi connectivity index (χ2n) is 8.63. The van der Waals surface area contributed by atoms with Gasteiger partial charge in [0.15, 0.2) is 5.82 Å². The zero-order valence-corrected chi connectivity index (χ0v) is 22.1. The Hall–Kier alpha value is -3.60. The number of benzene rings is 2. The first-order chi connectivity index (χ1) is 17.9. The minimum absolute atomic E-state index is 0.0890. The minimum atomic E-state index is -0.325. The van der Waals surface area contributed by atoms with Crippen molar-refractivity contribution in [2.75, 3.05) is 38.5 Å². The number of amides is 1. The zero-order chi connectivity index (χ0) is 26.5. The van der Waals surface area contributed by atoms with Crippen LogP contribution < -0.4 is 15.4 Å². The molecule has 1 aliphatic rings. The fraction of sp³-hybridized carbons (Fsp3) is 0.346. The van der Waals surface area contributed by atoms with Crippen LogP contribution in [-0.4, -0.2) is 61.1 Å². The van der Waals surface area contributed by atoms with E-state index in [0.29, 0.717) is 39.1 Å². The van der Waals surface area contributed by atoms with Gasteiger partial charge in [-0.1, -0.05) is 11.6 Å². The van der Waals surface area contributed by atoms with E-state index in [-0.39, 0.29) is 12.1 Å². The molecule has 0 saturated carbocycles. The highest BCUT2D eigenvalue weighted by molar-refractivity contribution is 6.36. The van der Waals surface area contributed by atoms with Crippen LogP contribution in [0.4, 0.5) is 17.2 Å². The van der Waals surface area contributed by atoms with Crippen molar-refractivity contribution in [3.05, 3.63) is 58.2 Å². The first kappa shape index (κ1) is 26.5. The van der Waals surface area contributed by atoms with E-state index < -0.39 is 0 Å². The van der Waals surface area contributed by atoms with E-state index in [9.17, 15) is 4.79 Å². The molecule has 2 heterocycles. The Labute approximate surface area is 220 Å². The Morgan fingerprint density at radius 2 is 2.05 bits per heavy atom. The molecule has 0 radical (unpaired) electrons. The number of methoxy groups -OCH3 is 1. The maximum atomic E-state index is 12.5. The van der Waals surface area contributed by atoms with Crippen molar-refractivity contribution in [2.24, 2.45) is 0 Å². The van der Waals surface area contributed by atoms with Crippen LogP contribution in [0.1, 0.15) is 40.7 Å². The molecule has 0 spiro atoms. The molecule has 0 bridgehead atoms. The molecule has 1 amide bonds. The molecule has 196 valence electrons. The van der Waals surface area contributed by atoms with Crippen LogP contribution >= 0.6 is 11.6 Å². The smallest absolute Gasteiger partial charge is 0.280 e. The Morgan fingerprint density at radius 1 is 1.27 bits per heavy atom. The fourth-order valence-corrected chi connectivity index (χ4v) is 4.35. The molecule has 37 heavy (non-hydrogen) atoms. The summed E-state index contributed by atoms with van der Waals surface area (Å²) in [5.74, 6) is 0.680. The van der Waals surface area contributed by atoms with Gasteiger partial charge >= 0.3 is 0 Å². The van der Waals surface area contributed by atoms with E-state index in [4.69, 9.17) is 31.3 Å². The number of carbonyl (C=O) groups excluding carboxylic acids is 1. The van der Waals surface area contributed by atoms with Gasteiger partial charge in [0.05, 0.1) is 36.2 Å². The number of aromatic nitrogens is 2. The summed E-state index contributed by atoms with van der Waals surface area (Å²) in [5, 5.41) is 20.8. The molecule has 1 atom stereocenters. The van der Waals surface area contributed by atoms with Crippen LogP contribution in [-0.2, 0) is 9.57 Å². The lowest BCUT2D eigenvalue weighted by Gasteiger charge is -2.25. The average molecular weight is 527 g/mol. The molecule has 2 aromatic carbocycles. The summed E-state index contributed by atoms with van der Waals surface area (Å²) in [6.45, 7) is 2.65. The lowest BCUT2D eigenvalue weighted by molar-refractivity contribution is -0.0758. The SMILES string of the molecule is COc1cc(-n2cc(C)c(Nc3ccc(NC4CCCCO4)c(C=N)c3Cl)n2)ccc1C(=O)N(C)OC. The molecule has 11 heteroatoms. The monoisotopic (exact) mass is 526 g/mol. The minimum Gasteiger partial charge on any atom is -0.496 e. The van der Waals surface area contributed by atoms with Crippen LogP contribution in [0.25, 0.3) is 5.69 Å². The van der Waals surface area contributed by atoms with Gasteiger partial charge in [-0.15, -0.1) is 5.10 Å². The van der Waals surface area contributed by atoms with Crippen molar-refractivity contribution in [1.29, 1.82) is 5.41 Å². The molecule has 0 aliphatic carbocycles. The van der Waals surface area contributed by atoms with Gasteiger partial charge < -0.3 is 25.5 Å². The molecular formula is C26H31ClN6O4. The molecule has 1 aliphatic heterocycles. The third kappa shape index (κ3) is 5.71. The molecular weight excluding hydrogens is 496 g/mol. The Kier molecular flexibility index (Phi) is 8.32. The van der Waals surface area contributed by atoms with Gasteiger partial charge in [-0.2, -0.15) is 0 Å². The molecule has 3 aromatic rings. The molecule has 1 aromatic heterocycles. The second kappa shape index (κ2) is 11.6. The highest BCUT2D eigenvalue weighted by Crippen LogP contribution is 2.34. The van der Waals surface area contributed by atoms with Crippen molar-refractivity contribution in [3.63, 3.8) is 0 Å². The van der Waals surface area contributed by atoms with Crippen molar-refractivity contribution in [1.82, 2.24) is 14.8 Å². The average Bonchev–Trinajstić information content (AvgIpc) is 3.29. The van der Waals surface area contributed by atoms with E-state index in [1.807, 2.05) is 25.3 Å². The number of hydroxylamine groups is 2. The Balaban J connectivity index is 1.57. The van der Waals surface area contributed by atoms with Gasteiger partial charge in [0.1, 0.15) is 12.0 Å². The summed E-state index contributed by atoms with van der Waals surface area (Å²) in [6.07, 6.45) is 6.08. The van der Waals surface area contributed by atoms with Gasteiger partial charge in [0, 0.05) is 48.9 Å². The van der Waals surface area contributed by atoms with Crippen molar-refractivity contribution < 1.29 is 19.1 Å². The van der Waals surface area contributed by atoms with E-state index in [0.717, 1.165) is 42.2 Å². The molecule has 1 saturated heterocycles. The summed E-state index contributed by atoms with van der Waals surface area (Å²) in [5.41, 5.74) is 3.91. The van der Waals surface area contributed by atoms with E-state index in [2.05, 4.69) is 15.7 Å². The van der Waals surface area contributed by atoms with Gasteiger partial charge in [-0.05, 0) is 50.5 Å². The third-order valence-corrected chi connectivity index (χ3v) is 6.62. The first-order valence-corrected chi connectivity index (χ1v) is 12.3. The summed E-state index contributed by atoms with van der Waals surface area (Å²) >= 11 is 6.69. The van der Waals surface area contributed by atoms with Crippen molar-refractivity contribution >= 4 is 40.9 Å². The van der Waals surface area contributed by atoms with Crippen LogP contribution in [0.2, 0.25) is 5.02 Å². The lowest BCUT2D eigenvalue weighted by Crippen LogP contribution is -2.27. The molecule has 10 nitrogen and oxygen atoms in total. The third-order valence-electron chi connectivity index (χ3n) is 6.21. The number of hydrogen-bond acceptors (Lipinski definition) is 8. The van der Waals surface area contributed by atoms with Crippen molar-refractivity contribution in [3.8, 4) is 11.4 Å². The van der Waals surface area contributed by atoms with E-state index in [1.165, 1.54) is 27.5 Å². The van der Waals surface area contributed by atoms with Gasteiger partial charge in [-0.25, -0.2) is 9.75 Å². The Morgan fingerprint density at radius 3 is 2.73 bits per heavy atom. The highest BCUT2D eigenvalue weighted by Gasteiger charge is 2.20. The lowest BCUT2D eigenvalue weighted by atomic mass is 10.1. The van der Waals surface area contributed by atoms with Crippen LogP contribution in [0, 0.1) is 12.3 Å². The summed E-state index contributed by atoms with van der Waals surface area (Å²) < 4.78 is 12.9. The second-order valence-corrected chi connectivity index (χ2v) is 9.01. The number of ether oxygens (including phenoxy) is 2. The molecule has 4 rings (SSSR count). The first-order valence-electron chi connectivity index (χ1n) is 11.9. The number of rotatable bonds is 9.